The quantitative estimate of drug-likeness (QED) is 0.720. The first-order valence-electron chi connectivity index (χ1n) is 9.86. The van der Waals surface area contributed by atoms with Gasteiger partial charge in [-0.25, -0.2) is 0 Å². The van der Waals surface area contributed by atoms with Crippen LogP contribution in [0.5, 0.6) is 0 Å². The summed E-state index contributed by atoms with van der Waals surface area (Å²) in [5, 5.41) is 0. The van der Waals surface area contributed by atoms with Crippen LogP contribution in [-0.2, 0) is 4.74 Å². The summed E-state index contributed by atoms with van der Waals surface area (Å²) in [6, 6.07) is 23.0. The third-order valence-electron chi connectivity index (χ3n) is 5.39. The van der Waals surface area contributed by atoms with Crippen molar-refractivity contribution in [1.82, 2.24) is 9.88 Å². The van der Waals surface area contributed by atoms with E-state index < -0.39 is 0 Å². The maximum Gasteiger partial charge on any atom is 0.270 e. The third kappa shape index (κ3) is 4.18. The highest BCUT2D eigenvalue weighted by Crippen LogP contribution is 2.31. The van der Waals surface area contributed by atoms with Gasteiger partial charge < -0.3 is 14.6 Å². The molecule has 2 aromatic carbocycles. The highest BCUT2D eigenvalue weighted by molar-refractivity contribution is 5.92. The van der Waals surface area contributed by atoms with Gasteiger partial charge in [0.2, 0.25) is 0 Å². The van der Waals surface area contributed by atoms with Crippen LogP contribution in [0, 0.1) is 6.92 Å². The number of carbonyl (C=O) groups excluding carboxylic acids is 1. The van der Waals surface area contributed by atoms with Gasteiger partial charge in [0.05, 0.1) is 12.7 Å². The fraction of sp³-hybridized carbons (Fsp3) is 0.292. The number of morpholine rings is 1. The average Bonchev–Trinajstić information content (AvgIpc) is 3.19. The van der Waals surface area contributed by atoms with Crippen molar-refractivity contribution < 1.29 is 9.53 Å². The first-order valence-corrected chi connectivity index (χ1v) is 9.86. The minimum Gasteiger partial charge on any atom is -0.375 e. The van der Waals surface area contributed by atoms with Crippen molar-refractivity contribution in [2.24, 2.45) is 0 Å². The summed E-state index contributed by atoms with van der Waals surface area (Å²) >= 11 is 0. The van der Waals surface area contributed by atoms with E-state index in [4.69, 9.17) is 4.74 Å². The maximum absolute atomic E-state index is 12.8. The molecule has 1 amide bonds. The van der Waals surface area contributed by atoms with E-state index in [1.54, 1.807) is 0 Å². The van der Waals surface area contributed by atoms with Crippen molar-refractivity contribution in [2.45, 2.75) is 25.4 Å². The topological polar surface area (TPSA) is 45.3 Å². The Morgan fingerprint density at radius 1 is 1.11 bits per heavy atom. The first-order chi connectivity index (χ1) is 13.7. The fourth-order valence-corrected chi connectivity index (χ4v) is 3.94. The van der Waals surface area contributed by atoms with Crippen molar-refractivity contribution in [1.29, 1.82) is 0 Å². The molecule has 1 aromatic heterocycles. The lowest BCUT2D eigenvalue weighted by molar-refractivity contribution is -0.0265. The smallest absolute Gasteiger partial charge is 0.270 e. The predicted molar refractivity (Wildman–Crippen MR) is 111 cm³/mol. The number of ether oxygens (including phenoxy) is 1. The van der Waals surface area contributed by atoms with Gasteiger partial charge in [0.1, 0.15) is 5.69 Å². The molecule has 0 radical (unpaired) electrons. The van der Waals surface area contributed by atoms with Gasteiger partial charge in [-0.3, -0.25) is 4.79 Å². The van der Waals surface area contributed by atoms with Crippen LogP contribution in [0.25, 0.3) is 0 Å². The highest BCUT2D eigenvalue weighted by atomic mass is 16.5. The molecule has 0 saturated carbocycles. The molecule has 2 heterocycles. The number of nitrogens with one attached hydrogen (secondary N) is 1. The molecule has 1 atom stereocenters. The van der Waals surface area contributed by atoms with Crippen LogP contribution in [0.2, 0.25) is 0 Å². The number of aryl methyl sites for hydroxylation is 1. The van der Waals surface area contributed by atoms with E-state index in [-0.39, 0.29) is 17.9 Å². The number of aromatic amines is 1. The second kappa shape index (κ2) is 8.44. The largest absolute Gasteiger partial charge is 0.375 e. The number of hydrogen-bond acceptors (Lipinski definition) is 2. The molecule has 1 fully saturated rings. The fourth-order valence-electron chi connectivity index (χ4n) is 3.94. The normalized spacial score (nSPS) is 17.1. The lowest BCUT2D eigenvalue weighted by Gasteiger charge is -2.34. The summed E-state index contributed by atoms with van der Waals surface area (Å²) in [6.45, 7) is 3.81. The van der Waals surface area contributed by atoms with Crippen LogP contribution in [0.4, 0.5) is 0 Å². The lowest BCUT2D eigenvalue weighted by atomic mass is 9.86. The van der Waals surface area contributed by atoms with Crippen molar-refractivity contribution in [3.63, 3.8) is 0 Å². The Morgan fingerprint density at radius 3 is 2.32 bits per heavy atom. The van der Waals surface area contributed by atoms with Crippen LogP contribution < -0.4 is 0 Å². The zero-order valence-corrected chi connectivity index (χ0v) is 16.2. The molecule has 28 heavy (non-hydrogen) atoms. The van der Waals surface area contributed by atoms with Gasteiger partial charge in [-0.1, -0.05) is 60.7 Å². The number of amides is 1. The Kier molecular flexibility index (Phi) is 5.58. The van der Waals surface area contributed by atoms with Gasteiger partial charge in [0, 0.05) is 25.2 Å². The van der Waals surface area contributed by atoms with Crippen molar-refractivity contribution in [3.8, 4) is 0 Å². The molecule has 1 N–H and O–H groups in total. The van der Waals surface area contributed by atoms with Gasteiger partial charge in [-0.2, -0.15) is 0 Å². The molecule has 1 saturated heterocycles. The molecule has 4 nitrogen and oxygen atoms in total. The van der Waals surface area contributed by atoms with E-state index in [0.717, 1.165) is 12.0 Å². The molecule has 144 valence electrons. The van der Waals surface area contributed by atoms with Crippen LogP contribution in [0.15, 0.2) is 72.9 Å². The number of H-pyrrole nitrogens is 1. The SMILES string of the molecule is Cc1c[nH]c(C(=O)N2CCOC(CC(c3ccccc3)c3ccccc3)C2)c1. The summed E-state index contributed by atoms with van der Waals surface area (Å²) in [5.74, 6) is 0.299. The van der Waals surface area contributed by atoms with E-state index in [1.807, 2.05) is 36.2 Å². The number of hydrogen-bond donors (Lipinski definition) is 1. The Bertz CT molecular complexity index is 865. The monoisotopic (exact) mass is 374 g/mol. The van der Waals surface area contributed by atoms with Crippen molar-refractivity contribution >= 4 is 5.91 Å². The highest BCUT2D eigenvalue weighted by Gasteiger charge is 2.28. The van der Waals surface area contributed by atoms with Crippen LogP contribution in [0.1, 0.15) is 39.5 Å². The Hall–Kier alpha value is -2.85. The number of benzene rings is 2. The molecule has 3 aromatic rings. The summed E-state index contributed by atoms with van der Waals surface area (Å²) < 4.78 is 6.07. The number of aromatic nitrogens is 1. The van der Waals surface area contributed by atoms with Crippen molar-refractivity contribution in [3.05, 3.63) is 95.3 Å². The molecule has 0 bridgehead atoms. The van der Waals surface area contributed by atoms with E-state index in [2.05, 4.69) is 53.5 Å². The van der Waals surface area contributed by atoms with Gasteiger partial charge in [0.15, 0.2) is 0 Å². The maximum atomic E-state index is 12.8. The van der Waals surface area contributed by atoms with Gasteiger partial charge in [-0.05, 0) is 36.1 Å². The van der Waals surface area contributed by atoms with Gasteiger partial charge >= 0.3 is 0 Å². The Balaban J connectivity index is 1.51. The third-order valence-corrected chi connectivity index (χ3v) is 5.39. The van der Waals surface area contributed by atoms with E-state index in [1.165, 1.54) is 11.1 Å². The number of rotatable bonds is 5. The first kappa shape index (κ1) is 18.5. The zero-order chi connectivity index (χ0) is 19.3. The molecule has 1 aliphatic rings. The summed E-state index contributed by atoms with van der Waals surface area (Å²) in [7, 11) is 0. The number of nitrogens with zero attached hydrogens (tertiary/aromatic N) is 1. The Morgan fingerprint density at radius 2 is 1.75 bits per heavy atom. The molecule has 4 heteroatoms. The standard InChI is InChI=1S/C24H26N2O2/c1-18-14-23(25-16-18)24(27)26-12-13-28-21(17-26)15-22(19-8-4-2-5-9-19)20-10-6-3-7-11-20/h2-11,14,16,21-22,25H,12-13,15,17H2,1H3. The molecular formula is C24H26N2O2. The molecular weight excluding hydrogens is 348 g/mol. The van der Waals surface area contributed by atoms with Crippen LogP contribution >= 0.6 is 0 Å². The minimum absolute atomic E-state index is 0.0131. The van der Waals surface area contributed by atoms with Crippen LogP contribution in [-0.4, -0.2) is 41.6 Å². The minimum atomic E-state index is 0.0131. The van der Waals surface area contributed by atoms with E-state index in [9.17, 15) is 4.79 Å². The summed E-state index contributed by atoms with van der Waals surface area (Å²) in [5.41, 5.74) is 4.28. The Labute approximate surface area is 166 Å². The zero-order valence-electron chi connectivity index (χ0n) is 16.2. The average molecular weight is 374 g/mol. The van der Waals surface area contributed by atoms with E-state index in [0.29, 0.717) is 25.4 Å². The second-order valence-electron chi connectivity index (χ2n) is 7.44. The summed E-state index contributed by atoms with van der Waals surface area (Å²) in [6.07, 6.45) is 2.73. The summed E-state index contributed by atoms with van der Waals surface area (Å²) in [4.78, 5) is 17.8. The van der Waals surface area contributed by atoms with E-state index >= 15 is 0 Å². The molecule has 1 aliphatic heterocycles. The molecule has 4 rings (SSSR count). The van der Waals surface area contributed by atoms with Crippen molar-refractivity contribution in [2.75, 3.05) is 19.7 Å². The number of carbonyl (C=O) groups is 1. The van der Waals surface area contributed by atoms with Crippen LogP contribution in [0.3, 0.4) is 0 Å². The molecule has 0 aliphatic carbocycles. The van der Waals surface area contributed by atoms with Gasteiger partial charge in [0.25, 0.3) is 5.91 Å². The lowest BCUT2D eigenvalue weighted by Crippen LogP contribution is -2.46. The second-order valence-corrected chi connectivity index (χ2v) is 7.44. The molecule has 0 spiro atoms. The molecule has 1 unspecified atom stereocenters. The predicted octanol–water partition coefficient (Wildman–Crippen LogP) is 4.39. The van der Waals surface area contributed by atoms with Gasteiger partial charge in [-0.15, -0.1) is 0 Å².